The van der Waals surface area contributed by atoms with Gasteiger partial charge in [-0.3, -0.25) is 15.1 Å². The van der Waals surface area contributed by atoms with Crippen molar-refractivity contribution in [2.45, 2.75) is 13.0 Å². The first-order valence-electron chi connectivity index (χ1n) is 9.05. The van der Waals surface area contributed by atoms with E-state index in [1.54, 1.807) is 12.3 Å². The van der Waals surface area contributed by atoms with Gasteiger partial charge in [-0.2, -0.15) is 0 Å². The number of rotatable bonds is 6. The Morgan fingerprint density at radius 3 is 2.48 bits per heavy atom. The summed E-state index contributed by atoms with van der Waals surface area (Å²) in [4.78, 5) is 24.0. The molecular weight excluding hydrogens is 368 g/mol. The Morgan fingerprint density at radius 2 is 1.69 bits per heavy atom. The molecule has 0 saturated carbocycles. The molecule has 2 N–H and O–H groups in total. The number of nitrogens with one attached hydrogen (secondary N) is 2. The zero-order valence-electron chi connectivity index (χ0n) is 15.6. The van der Waals surface area contributed by atoms with Gasteiger partial charge in [0.2, 0.25) is 11.6 Å². The van der Waals surface area contributed by atoms with Crippen molar-refractivity contribution in [3.8, 4) is 0 Å². The summed E-state index contributed by atoms with van der Waals surface area (Å²) in [5.41, 5.74) is 2.11. The molecule has 0 spiro atoms. The third-order valence-electron chi connectivity index (χ3n) is 4.54. The molecule has 8 nitrogen and oxygen atoms in total. The molecule has 0 fully saturated rings. The van der Waals surface area contributed by atoms with E-state index in [-0.39, 0.29) is 23.4 Å². The summed E-state index contributed by atoms with van der Waals surface area (Å²) >= 11 is 0. The molecule has 2 aromatic heterocycles. The van der Waals surface area contributed by atoms with E-state index in [9.17, 15) is 10.1 Å². The van der Waals surface area contributed by atoms with Gasteiger partial charge in [0.05, 0.1) is 22.2 Å². The lowest BCUT2D eigenvalue weighted by Crippen LogP contribution is -2.11. The lowest BCUT2D eigenvalue weighted by atomic mass is 10.1. The Hall–Kier alpha value is -4.07. The summed E-state index contributed by atoms with van der Waals surface area (Å²) in [7, 11) is 0. The number of nitrogens with zero attached hydrogens (tertiary/aromatic N) is 4. The second-order valence-electron chi connectivity index (χ2n) is 6.46. The van der Waals surface area contributed by atoms with Gasteiger partial charge in [0.15, 0.2) is 0 Å². The van der Waals surface area contributed by atoms with Crippen molar-refractivity contribution in [3.05, 3.63) is 88.9 Å². The standard InChI is InChI=1S/C21H18N6O2/c1-14(15-7-3-2-4-8-15)25-20-19(27(28)29)21(24-13-23-20)26-17-11-5-9-16-10-6-12-22-18(16)17/h2-14H,1H3,(H2,23,24,25,26). The van der Waals surface area contributed by atoms with Crippen LogP contribution >= 0.6 is 0 Å². The number of nitro groups is 1. The Kier molecular flexibility index (Phi) is 4.98. The van der Waals surface area contributed by atoms with Gasteiger partial charge < -0.3 is 10.6 Å². The molecule has 0 bridgehead atoms. The van der Waals surface area contributed by atoms with Crippen LogP contribution in [-0.4, -0.2) is 19.9 Å². The van der Waals surface area contributed by atoms with E-state index >= 15 is 0 Å². The first kappa shape index (κ1) is 18.3. The quantitative estimate of drug-likeness (QED) is 0.360. The number of hydrogen-bond donors (Lipinski definition) is 2. The van der Waals surface area contributed by atoms with E-state index in [2.05, 4.69) is 25.6 Å². The third-order valence-corrected chi connectivity index (χ3v) is 4.54. The molecule has 2 aromatic carbocycles. The van der Waals surface area contributed by atoms with Crippen LogP contribution in [0, 0.1) is 10.1 Å². The average molecular weight is 386 g/mol. The molecule has 0 aliphatic rings. The number of hydrogen-bond acceptors (Lipinski definition) is 7. The summed E-state index contributed by atoms with van der Waals surface area (Å²) in [5, 5.41) is 18.9. The molecule has 8 heteroatoms. The molecule has 2 heterocycles. The summed E-state index contributed by atoms with van der Waals surface area (Å²) in [6.07, 6.45) is 2.98. The third kappa shape index (κ3) is 3.81. The highest BCUT2D eigenvalue weighted by atomic mass is 16.6. The maximum atomic E-state index is 11.8. The van der Waals surface area contributed by atoms with Crippen molar-refractivity contribution in [2.75, 3.05) is 10.6 Å². The fraction of sp³-hybridized carbons (Fsp3) is 0.0952. The van der Waals surface area contributed by atoms with Crippen LogP contribution in [-0.2, 0) is 0 Å². The van der Waals surface area contributed by atoms with Crippen LogP contribution in [0.5, 0.6) is 0 Å². The van der Waals surface area contributed by atoms with Gasteiger partial charge in [-0.1, -0.05) is 48.5 Å². The predicted molar refractivity (Wildman–Crippen MR) is 112 cm³/mol. The minimum atomic E-state index is -0.485. The number of anilines is 3. The molecule has 1 atom stereocenters. The molecule has 0 radical (unpaired) electrons. The first-order valence-corrected chi connectivity index (χ1v) is 9.05. The van der Waals surface area contributed by atoms with Crippen molar-refractivity contribution in [2.24, 2.45) is 0 Å². The van der Waals surface area contributed by atoms with E-state index in [1.165, 1.54) is 6.33 Å². The predicted octanol–water partition coefficient (Wildman–Crippen LogP) is 4.85. The summed E-state index contributed by atoms with van der Waals surface area (Å²) in [5.74, 6) is 0.253. The maximum absolute atomic E-state index is 11.8. The minimum Gasteiger partial charge on any atom is -0.358 e. The zero-order chi connectivity index (χ0) is 20.2. The van der Waals surface area contributed by atoms with E-state index in [0.29, 0.717) is 11.2 Å². The van der Waals surface area contributed by atoms with E-state index in [0.717, 1.165) is 10.9 Å². The van der Waals surface area contributed by atoms with Crippen LogP contribution in [0.25, 0.3) is 10.9 Å². The Balaban J connectivity index is 1.71. The van der Waals surface area contributed by atoms with Crippen LogP contribution < -0.4 is 10.6 Å². The normalized spacial score (nSPS) is 11.8. The highest BCUT2D eigenvalue weighted by molar-refractivity contribution is 5.92. The monoisotopic (exact) mass is 386 g/mol. The van der Waals surface area contributed by atoms with Crippen molar-refractivity contribution in [1.82, 2.24) is 15.0 Å². The molecule has 29 heavy (non-hydrogen) atoms. The van der Waals surface area contributed by atoms with Gasteiger partial charge in [0, 0.05) is 11.6 Å². The Labute approximate surface area is 166 Å². The second kappa shape index (κ2) is 7.89. The molecule has 4 rings (SSSR count). The molecular formula is C21H18N6O2. The van der Waals surface area contributed by atoms with Crippen molar-refractivity contribution >= 4 is 33.9 Å². The number of benzene rings is 2. The second-order valence-corrected chi connectivity index (χ2v) is 6.46. The number of para-hydroxylation sites is 1. The molecule has 0 aliphatic carbocycles. The Morgan fingerprint density at radius 1 is 0.931 bits per heavy atom. The van der Waals surface area contributed by atoms with Crippen LogP contribution in [0.3, 0.4) is 0 Å². The van der Waals surface area contributed by atoms with Gasteiger partial charge in [0.1, 0.15) is 6.33 Å². The van der Waals surface area contributed by atoms with Gasteiger partial charge in [-0.25, -0.2) is 9.97 Å². The number of aromatic nitrogens is 3. The lowest BCUT2D eigenvalue weighted by Gasteiger charge is -2.16. The fourth-order valence-corrected chi connectivity index (χ4v) is 3.11. The summed E-state index contributed by atoms with van der Waals surface area (Å²) in [6, 6.07) is 18.8. The van der Waals surface area contributed by atoms with Crippen LogP contribution in [0.4, 0.5) is 23.0 Å². The van der Waals surface area contributed by atoms with Crippen molar-refractivity contribution in [3.63, 3.8) is 0 Å². The maximum Gasteiger partial charge on any atom is 0.353 e. The molecule has 0 saturated heterocycles. The highest BCUT2D eigenvalue weighted by Gasteiger charge is 2.25. The average Bonchev–Trinajstić information content (AvgIpc) is 2.74. The fourth-order valence-electron chi connectivity index (χ4n) is 3.11. The number of fused-ring (bicyclic) bond motifs is 1. The van der Waals surface area contributed by atoms with Gasteiger partial charge in [-0.05, 0) is 24.6 Å². The molecule has 144 valence electrons. The van der Waals surface area contributed by atoms with Gasteiger partial charge >= 0.3 is 5.69 Å². The van der Waals surface area contributed by atoms with E-state index in [1.807, 2.05) is 61.5 Å². The van der Waals surface area contributed by atoms with Gasteiger partial charge in [-0.15, -0.1) is 0 Å². The van der Waals surface area contributed by atoms with Crippen molar-refractivity contribution in [1.29, 1.82) is 0 Å². The molecule has 1 unspecified atom stereocenters. The van der Waals surface area contributed by atoms with Crippen LogP contribution in [0.2, 0.25) is 0 Å². The summed E-state index contributed by atoms with van der Waals surface area (Å²) in [6.45, 7) is 1.92. The Bertz CT molecular complexity index is 1160. The minimum absolute atomic E-state index is 0.103. The SMILES string of the molecule is CC(Nc1ncnc(Nc2cccc3cccnc23)c1[N+](=O)[O-])c1ccccc1. The smallest absolute Gasteiger partial charge is 0.353 e. The van der Waals surface area contributed by atoms with E-state index < -0.39 is 4.92 Å². The van der Waals surface area contributed by atoms with E-state index in [4.69, 9.17) is 0 Å². The van der Waals surface area contributed by atoms with Crippen molar-refractivity contribution < 1.29 is 4.92 Å². The highest BCUT2D eigenvalue weighted by Crippen LogP contribution is 2.34. The molecule has 0 aliphatic heterocycles. The largest absolute Gasteiger partial charge is 0.358 e. The van der Waals surface area contributed by atoms with Gasteiger partial charge in [0.25, 0.3) is 0 Å². The van der Waals surface area contributed by atoms with Crippen LogP contribution in [0.15, 0.2) is 73.2 Å². The number of pyridine rings is 1. The zero-order valence-corrected chi connectivity index (χ0v) is 15.6. The molecule has 4 aromatic rings. The lowest BCUT2D eigenvalue weighted by molar-refractivity contribution is -0.383. The van der Waals surface area contributed by atoms with Crippen LogP contribution in [0.1, 0.15) is 18.5 Å². The molecule has 0 amide bonds. The first-order chi connectivity index (χ1) is 14.1. The summed E-state index contributed by atoms with van der Waals surface area (Å²) < 4.78 is 0. The topological polar surface area (TPSA) is 106 Å².